The standard InChI is InChI=1S/C19H23NO3/c21-18(17-10-5-2-6-11-17)14-20-19(22)12-7-13-23-15-16-8-3-1-4-9-16/h1-6,8-11,18,21H,7,12-15H2,(H,20,22). The highest BCUT2D eigenvalue weighted by Crippen LogP contribution is 2.10. The van der Waals surface area contributed by atoms with Gasteiger partial charge in [0.05, 0.1) is 12.7 Å². The third kappa shape index (κ3) is 6.63. The lowest BCUT2D eigenvalue weighted by molar-refractivity contribution is -0.121. The summed E-state index contributed by atoms with van der Waals surface area (Å²) in [6.07, 6.45) is 0.394. The van der Waals surface area contributed by atoms with Gasteiger partial charge in [0.1, 0.15) is 0 Å². The van der Waals surface area contributed by atoms with Crippen molar-refractivity contribution in [3.63, 3.8) is 0 Å². The maximum absolute atomic E-state index is 11.7. The molecule has 0 aliphatic rings. The zero-order chi connectivity index (χ0) is 16.3. The van der Waals surface area contributed by atoms with E-state index in [0.29, 0.717) is 26.1 Å². The fourth-order valence-electron chi connectivity index (χ4n) is 2.19. The van der Waals surface area contributed by atoms with Crippen molar-refractivity contribution in [1.82, 2.24) is 5.32 Å². The number of amides is 1. The van der Waals surface area contributed by atoms with Gasteiger partial charge in [0.15, 0.2) is 0 Å². The minimum Gasteiger partial charge on any atom is -0.387 e. The van der Waals surface area contributed by atoms with Gasteiger partial charge in [-0.05, 0) is 17.5 Å². The highest BCUT2D eigenvalue weighted by atomic mass is 16.5. The summed E-state index contributed by atoms with van der Waals surface area (Å²) >= 11 is 0. The van der Waals surface area contributed by atoms with Gasteiger partial charge in [-0.1, -0.05) is 60.7 Å². The van der Waals surface area contributed by atoms with Crippen LogP contribution in [0.5, 0.6) is 0 Å². The Balaban J connectivity index is 1.55. The second-order valence-corrected chi connectivity index (χ2v) is 5.37. The Morgan fingerprint density at radius 2 is 1.70 bits per heavy atom. The van der Waals surface area contributed by atoms with Gasteiger partial charge in [0.25, 0.3) is 0 Å². The fourth-order valence-corrected chi connectivity index (χ4v) is 2.19. The molecule has 122 valence electrons. The topological polar surface area (TPSA) is 58.6 Å². The first-order valence-corrected chi connectivity index (χ1v) is 7.87. The molecule has 2 aromatic carbocycles. The van der Waals surface area contributed by atoms with Crippen LogP contribution in [0.4, 0.5) is 0 Å². The van der Waals surface area contributed by atoms with Crippen LogP contribution in [0.2, 0.25) is 0 Å². The molecule has 2 N–H and O–H groups in total. The molecule has 0 saturated carbocycles. The van der Waals surface area contributed by atoms with Crippen LogP contribution in [0, 0.1) is 0 Å². The van der Waals surface area contributed by atoms with Crippen LogP contribution in [0.3, 0.4) is 0 Å². The molecule has 2 rings (SSSR count). The van der Waals surface area contributed by atoms with Gasteiger partial charge < -0.3 is 15.2 Å². The molecule has 0 aliphatic carbocycles. The molecule has 1 amide bonds. The average molecular weight is 313 g/mol. The minimum atomic E-state index is -0.672. The van der Waals surface area contributed by atoms with Gasteiger partial charge in [-0.3, -0.25) is 4.79 Å². The minimum absolute atomic E-state index is 0.0664. The Hall–Kier alpha value is -2.17. The molecule has 0 radical (unpaired) electrons. The van der Waals surface area contributed by atoms with E-state index in [1.54, 1.807) is 0 Å². The Labute approximate surface area is 137 Å². The van der Waals surface area contributed by atoms with Crippen molar-refractivity contribution >= 4 is 5.91 Å². The number of hydrogen-bond donors (Lipinski definition) is 2. The van der Waals surface area contributed by atoms with E-state index in [4.69, 9.17) is 4.74 Å². The molecule has 1 unspecified atom stereocenters. The Bertz CT molecular complexity index is 572. The quantitative estimate of drug-likeness (QED) is 0.700. The second-order valence-electron chi connectivity index (χ2n) is 5.37. The zero-order valence-corrected chi connectivity index (χ0v) is 13.2. The van der Waals surface area contributed by atoms with E-state index >= 15 is 0 Å². The van der Waals surface area contributed by atoms with E-state index in [2.05, 4.69) is 5.32 Å². The first kappa shape index (κ1) is 17.2. The molecule has 2 aromatic rings. The van der Waals surface area contributed by atoms with E-state index in [1.165, 1.54) is 0 Å². The van der Waals surface area contributed by atoms with Gasteiger partial charge in [0, 0.05) is 19.6 Å². The summed E-state index contributed by atoms with van der Waals surface area (Å²) in [5.41, 5.74) is 1.93. The van der Waals surface area contributed by atoms with Crippen molar-refractivity contribution in [1.29, 1.82) is 0 Å². The number of rotatable bonds is 9. The predicted octanol–water partition coefficient (Wildman–Crippen LogP) is 2.83. The van der Waals surface area contributed by atoms with Crippen molar-refractivity contribution in [2.75, 3.05) is 13.2 Å². The van der Waals surface area contributed by atoms with Crippen LogP contribution in [-0.2, 0) is 16.1 Å². The highest BCUT2D eigenvalue weighted by Gasteiger charge is 2.08. The summed E-state index contributed by atoms with van der Waals surface area (Å²) in [5.74, 6) is -0.0664. The molecule has 1 atom stereocenters. The third-order valence-electron chi connectivity index (χ3n) is 3.48. The van der Waals surface area contributed by atoms with Crippen LogP contribution >= 0.6 is 0 Å². The molecule has 0 fully saturated rings. The van der Waals surface area contributed by atoms with Crippen LogP contribution < -0.4 is 5.32 Å². The Morgan fingerprint density at radius 1 is 1.04 bits per heavy atom. The van der Waals surface area contributed by atoms with Gasteiger partial charge in [-0.15, -0.1) is 0 Å². The lowest BCUT2D eigenvalue weighted by Gasteiger charge is -2.12. The monoisotopic (exact) mass is 313 g/mol. The molecule has 4 heteroatoms. The first-order valence-electron chi connectivity index (χ1n) is 7.87. The number of ether oxygens (including phenoxy) is 1. The second kappa shape index (κ2) is 9.77. The fraction of sp³-hybridized carbons (Fsp3) is 0.316. The zero-order valence-electron chi connectivity index (χ0n) is 13.2. The molecule has 23 heavy (non-hydrogen) atoms. The van der Waals surface area contributed by atoms with Crippen LogP contribution in [0.1, 0.15) is 30.1 Å². The molecule has 0 saturated heterocycles. The highest BCUT2D eigenvalue weighted by molar-refractivity contribution is 5.75. The SMILES string of the molecule is O=C(CCCOCc1ccccc1)NCC(O)c1ccccc1. The van der Waals surface area contributed by atoms with E-state index in [0.717, 1.165) is 11.1 Å². The van der Waals surface area contributed by atoms with Crippen molar-refractivity contribution in [2.24, 2.45) is 0 Å². The summed E-state index contributed by atoms with van der Waals surface area (Å²) in [4.78, 5) is 11.7. The van der Waals surface area contributed by atoms with Gasteiger partial charge in [0.2, 0.25) is 5.91 Å². The summed E-state index contributed by atoms with van der Waals surface area (Å²) in [6, 6.07) is 19.3. The molecule has 4 nitrogen and oxygen atoms in total. The van der Waals surface area contributed by atoms with Crippen molar-refractivity contribution in [3.8, 4) is 0 Å². The van der Waals surface area contributed by atoms with E-state index in [-0.39, 0.29) is 12.5 Å². The number of carbonyl (C=O) groups is 1. The Morgan fingerprint density at radius 3 is 2.39 bits per heavy atom. The van der Waals surface area contributed by atoms with Crippen molar-refractivity contribution in [2.45, 2.75) is 25.6 Å². The third-order valence-corrected chi connectivity index (χ3v) is 3.48. The summed E-state index contributed by atoms with van der Waals surface area (Å²) in [6.45, 7) is 1.34. The largest absolute Gasteiger partial charge is 0.387 e. The number of benzene rings is 2. The van der Waals surface area contributed by atoms with Crippen LogP contribution in [-0.4, -0.2) is 24.2 Å². The predicted molar refractivity (Wildman–Crippen MR) is 89.7 cm³/mol. The summed E-state index contributed by atoms with van der Waals surface area (Å²) in [7, 11) is 0. The first-order chi connectivity index (χ1) is 11.3. The van der Waals surface area contributed by atoms with E-state index in [9.17, 15) is 9.90 Å². The van der Waals surface area contributed by atoms with Gasteiger partial charge >= 0.3 is 0 Å². The van der Waals surface area contributed by atoms with E-state index in [1.807, 2.05) is 60.7 Å². The summed E-state index contributed by atoms with van der Waals surface area (Å²) < 4.78 is 5.54. The number of carbonyl (C=O) groups excluding carboxylic acids is 1. The molecule has 0 heterocycles. The van der Waals surface area contributed by atoms with Gasteiger partial charge in [-0.25, -0.2) is 0 Å². The molecular formula is C19H23NO3. The average Bonchev–Trinajstić information content (AvgIpc) is 2.61. The number of hydrogen-bond acceptors (Lipinski definition) is 3. The smallest absolute Gasteiger partial charge is 0.220 e. The number of aliphatic hydroxyl groups is 1. The maximum atomic E-state index is 11.7. The summed E-state index contributed by atoms with van der Waals surface area (Å²) in [5, 5.41) is 12.7. The van der Waals surface area contributed by atoms with Crippen LogP contribution in [0.25, 0.3) is 0 Å². The molecule has 0 aliphatic heterocycles. The van der Waals surface area contributed by atoms with E-state index < -0.39 is 6.10 Å². The normalized spacial score (nSPS) is 11.9. The molecular weight excluding hydrogens is 290 g/mol. The van der Waals surface area contributed by atoms with Crippen molar-refractivity contribution in [3.05, 3.63) is 71.8 Å². The number of aliphatic hydroxyl groups excluding tert-OH is 1. The molecule has 0 spiro atoms. The van der Waals surface area contributed by atoms with Crippen LogP contribution in [0.15, 0.2) is 60.7 Å². The molecule has 0 bridgehead atoms. The van der Waals surface area contributed by atoms with Crippen molar-refractivity contribution < 1.29 is 14.6 Å². The lowest BCUT2D eigenvalue weighted by Crippen LogP contribution is -2.28. The maximum Gasteiger partial charge on any atom is 0.220 e. The van der Waals surface area contributed by atoms with Gasteiger partial charge in [-0.2, -0.15) is 0 Å². The number of nitrogens with one attached hydrogen (secondary N) is 1. The lowest BCUT2D eigenvalue weighted by atomic mass is 10.1. The molecule has 0 aromatic heterocycles. The Kier molecular flexibility index (Phi) is 7.30.